The molecule has 8 heteroatoms. The molecule has 0 amide bonds. The van der Waals surface area contributed by atoms with Crippen molar-refractivity contribution in [1.29, 1.82) is 0 Å². The summed E-state index contributed by atoms with van der Waals surface area (Å²) in [5, 5.41) is 16.4. The zero-order valence-corrected chi connectivity index (χ0v) is 21.4. The lowest BCUT2D eigenvalue weighted by molar-refractivity contribution is 0.163. The maximum atomic E-state index is 10.4. The van der Waals surface area contributed by atoms with Crippen molar-refractivity contribution >= 4 is 22.3 Å². The lowest BCUT2D eigenvalue weighted by Gasteiger charge is -2.37. The smallest absolute Gasteiger partial charge is 0.318 e. The fourth-order valence-electron chi connectivity index (χ4n) is 6.15. The molecule has 190 valence electrons. The number of aromatic hydroxyl groups is 1. The Hall–Kier alpha value is -3.10. The van der Waals surface area contributed by atoms with Gasteiger partial charge in [-0.05, 0) is 51.7 Å². The van der Waals surface area contributed by atoms with Crippen LogP contribution in [0.15, 0.2) is 36.4 Å². The molecule has 0 spiro atoms. The average Bonchev–Trinajstić information content (AvgIpc) is 3.19. The molecular formula is C28H36N6O2. The number of phenols is 1. The molecule has 4 heterocycles. The molecule has 36 heavy (non-hydrogen) atoms. The first-order valence-electron chi connectivity index (χ1n) is 13.1. The van der Waals surface area contributed by atoms with E-state index in [-0.39, 0.29) is 11.9 Å². The number of piperazine rings is 1. The maximum Gasteiger partial charge on any atom is 0.318 e. The summed E-state index contributed by atoms with van der Waals surface area (Å²) >= 11 is 0. The largest absolute Gasteiger partial charge is 0.508 e. The van der Waals surface area contributed by atoms with Gasteiger partial charge in [0.25, 0.3) is 0 Å². The molecule has 0 saturated carbocycles. The quantitative estimate of drug-likeness (QED) is 0.548. The summed E-state index contributed by atoms with van der Waals surface area (Å²) in [6, 6.07) is 13.5. The van der Waals surface area contributed by atoms with Crippen LogP contribution in [0.2, 0.25) is 0 Å². The number of nitrogens with zero attached hydrogens (tertiary/aromatic N) is 5. The molecular weight excluding hydrogens is 452 g/mol. The van der Waals surface area contributed by atoms with E-state index < -0.39 is 0 Å². The van der Waals surface area contributed by atoms with Crippen LogP contribution in [0.5, 0.6) is 11.8 Å². The van der Waals surface area contributed by atoms with Gasteiger partial charge in [-0.15, -0.1) is 0 Å². The van der Waals surface area contributed by atoms with Gasteiger partial charge in [0.15, 0.2) is 0 Å². The van der Waals surface area contributed by atoms with Gasteiger partial charge in [-0.1, -0.05) is 24.3 Å². The number of nitrogens with one attached hydrogen (secondary N) is 1. The van der Waals surface area contributed by atoms with Gasteiger partial charge in [-0.25, -0.2) is 0 Å². The second-order valence-corrected chi connectivity index (χ2v) is 10.8. The molecule has 2 N–H and O–H groups in total. The first kappa shape index (κ1) is 23.3. The summed E-state index contributed by atoms with van der Waals surface area (Å²) in [6.07, 6.45) is 3.31. The fraction of sp³-hybridized carbons (Fsp3) is 0.500. The van der Waals surface area contributed by atoms with Gasteiger partial charge in [-0.3, -0.25) is 0 Å². The molecule has 3 unspecified atom stereocenters. The van der Waals surface area contributed by atoms with E-state index in [1.807, 2.05) is 38.4 Å². The standard InChI is InChI=1S/C28H36N6O2/c1-18(14-32(2)3)36-28-30-25-17-33(26-13-22(35)12-19-6-4-5-7-23(19)26)11-10-24(25)27(31-28)34-15-20-8-9-21(16-34)29-20/h4-7,12-13,18,20-21,29,35H,8-11,14-17H2,1-3H3. The zero-order valence-electron chi connectivity index (χ0n) is 21.4. The molecule has 2 bridgehead atoms. The molecule has 3 aliphatic heterocycles. The predicted molar refractivity (Wildman–Crippen MR) is 143 cm³/mol. The first-order valence-corrected chi connectivity index (χ1v) is 13.1. The van der Waals surface area contributed by atoms with Gasteiger partial charge in [0.2, 0.25) is 0 Å². The highest BCUT2D eigenvalue weighted by Crippen LogP contribution is 2.37. The van der Waals surface area contributed by atoms with Crippen LogP contribution in [0.3, 0.4) is 0 Å². The highest BCUT2D eigenvalue weighted by atomic mass is 16.5. The van der Waals surface area contributed by atoms with Crippen molar-refractivity contribution in [2.45, 2.75) is 50.9 Å². The Kier molecular flexibility index (Phi) is 6.09. The third-order valence-corrected chi connectivity index (χ3v) is 7.63. The molecule has 0 aliphatic carbocycles. The third kappa shape index (κ3) is 4.55. The molecule has 2 saturated heterocycles. The van der Waals surface area contributed by atoms with Crippen LogP contribution in [0.25, 0.3) is 10.8 Å². The summed E-state index contributed by atoms with van der Waals surface area (Å²) in [5.41, 5.74) is 3.31. The average molecular weight is 489 g/mol. The summed E-state index contributed by atoms with van der Waals surface area (Å²) in [7, 11) is 4.10. The molecule has 8 nitrogen and oxygen atoms in total. The van der Waals surface area contributed by atoms with Crippen molar-refractivity contribution in [3.8, 4) is 11.8 Å². The summed E-state index contributed by atoms with van der Waals surface area (Å²) in [4.78, 5) is 16.9. The van der Waals surface area contributed by atoms with E-state index in [9.17, 15) is 5.11 Å². The minimum absolute atomic E-state index is 0.0141. The van der Waals surface area contributed by atoms with E-state index >= 15 is 0 Å². The SMILES string of the molecule is CC(CN(C)C)Oc1nc2c(c(N3CC4CCC(C3)N4)n1)CCN(c1cc(O)cc3ccccc13)C2. The fourth-order valence-corrected chi connectivity index (χ4v) is 6.15. The summed E-state index contributed by atoms with van der Waals surface area (Å²) in [5.74, 6) is 1.33. The van der Waals surface area contributed by atoms with Crippen LogP contribution in [0, 0.1) is 0 Å². The van der Waals surface area contributed by atoms with E-state index in [0.29, 0.717) is 24.6 Å². The molecule has 2 aromatic carbocycles. The van der Waals surface area contributed by atoms with Crippen LogP contribution in [-0.4, -0.2) is 78.4 Å². The van der Waals surface area contributed by atoms with Crippen molar-refractivity contribution in [2.75, 3.05) is 50.1 Å². The number of hydrogen-bond donors (Lipinski definition) is 2. The summed E-state index contributed by atoms with van der Waals surface area (Å²) < 4.78 is 6.26. The number of hydrogen-bond acceptors (Lipinski definition) is 8. The number of rotatable bonds is 6. The Balaban J connectivity index is 1.36. The normalized spacial score (nSPS) is 22.2. The van der Waals surface area contributed by atoms with Crippen molar-refractivity contribution in [1.82, 2.24) is 20.2 Å². The number of fused-ring (bicyclic) bond motifs is 4. The third-order valence-electron chi connectivity index (χ3n) is 7.63. The maximum absolute atomic E-state index is 10.4. The number of aromatic nitrogens is 2. The van der Waals surface area contributed by atoms with Crippen molar-refractivity contribution in [3.05, 3.63) is 47.7 Å². The molecule has 6 rings (SSSR count). The minimum Gasteiger partial charge on any atom is -0.508 e. The molecule has 2 fully saturated rings. The van der Waals surface area contributed by atoms with Crippen LogP contribution in [0.1, 0.15) is 31.0 Å². The Bertz CT molecular complexity index is 1250. The molecule has 0 radical (unpaired) electrons. The second-order valence-electron chi connectivity index (χ2n) is 10.8. The van der Waals surface area contributed by atoms with Gasteiger partial charge in [0, 0.05) is 61.0 Å². The number of anilines is 2. The molecule has 3 aromatic rings. The van der Waals surface area contributed by atoms with Crippen molar-refractivity contribution in [3.63, 3.8) is 0 Å². The van der Waals surface area contributed by atoms with Gasteiger partial charge < -0.3 is 29.9 Å². The predicted octanol–water partition coefficient (Wildman–Crippen LogP) is 3.17. The highest BCUT2D eigenvalue weighted by molar-refractivity contribution is 5.95. The molecule has 3 aliphatic rings. The number of ether oxygens (including phenoxy) is 1. The van der Waals surface area contributed by atoms with Crippen molar-refractivity contribution in [2.24, 2.45) is 0 Å². The van der Waals surface area contributed by atoms with Crippen molar-refractivity contribution < 1.29 is 9.84 Å². The highest BCUT2D eigenvalue weighted by Gasteiger charge is 2.35. The lowest BCUT2D eigenvalue weighted by Crippen LogP contribution is -2.52. The molecule has 3 atom stereocenters. The van der Waals surface area contributed by atoms with Crippen LogP contribution >= 0.6 is 0 Å². The number of benzene rings is 2. The van der Waals surface area contributed by atoms with E-state index in [1.54, 1.807) is 0 Å². The summed E-state index contributed by atoms with van der Waals surface area (Å²) in [6.45, 7) is 6.34. The Labute approximate surface area is 212 Å². The van der Waals surface area contributed by atoms with Crippen LogP contribution in [-0.2, 0) is 13.0 Å². The Morgan fingerprint density at radius 2 is 1.89 bits per heavy atom. The number of likely N-dealkylation sites (N-methyl/N-ethyl adjacent to an activating group) is 1. The Morgan fingerprint density at radius 1 is 1.11 bits per heavy atom. The minimum atomic E-state index is -0.0141. The van der Waals surface area contributed by atoms with E-state index in [4.69, 9.17) is 14.7 Å². The van der Waals surface area contributed by atoms with Crippen LogP contribution in [0.4, 0.5) is 11.5 Å². The lowest BCUT2D eigenvalue weighted by atomic mass is 10.0. The molecule has 1 aromatic heterocycles. The first-order chi connectivity index (χ1) is 17.4. The van der Waals surface area contributed by atoms with Gasteiger partial charge in [-0.2, -0.15) is 9.97 Å². The second kappa shape index (κ2) is 9.41. The Morgan fingerprint density at radius 3 is 2.67 bits per heavy atom. The van der Waals surface area contributed by atoms with E-state index in [0.717, 1.165) is 60.6 Å². The zero-order chi connectivity index (χ0) is 24.8. The van der Waals surface area contributed by atoms with E-state index in [2.05, 4.69) is 39.1 Å². The van der Waals surface area contributed by atoms with E-state index in [1.165, 1.54) is 18.4 Å². The van der Waals surface area contributed by atoms with Gasteiger partial charge in [0.1, 0.15) is 17.7 Å². The van der Waals surface area contributed by atoms with Crippen LogP contribution < -0.4 is 19.9 Å². The topological polar surface area (TPSA) is 77.0 Å². The van der Waals surface area contributed by atoms with Gasteiger partial charge in [0.05, 0.1) is 12.2 Å². The number of phenolic OH excluding ortho intramolecular Hbond substituents is 1. The monoisotopic (exact) mass is 488 g/mol. The van der Waals surface area contributed by atoms with Gasteiger partial charge >= 0.3 is 6.01 Å².